The molecule has 2 aliphatic rings. The number of methoxy groups -OCH3 is 1. The molecule has 1 N–H and O–H groups in total. The summed E-state index contributed by atoms with van der Waals surface area (Å²) in [6, 6.07) is 14.5. The molecular weight excluding hydrogens is 563 g/mol. The Hall–Kier alpha value is -4.25. The van der Waals surface area contributed by atoms with Crippen molar-refractivity contribution in [3.8, 4) is 11.1 Å². The van der Waals surface area contributed by atoms with Crippen LogP contribution in [0.5, 0.6) is 0 Å². The van der Waals surface area contributed by atoms with Gasteiger partial charge >= 0.3 is 12.1 Å². The molecule has 2 aliphatic heterocycles. The van der Waals surface area contributed by atoms with Crippen molar-refractivity contribution < 1.29 is 36.7 Å². The van der Waals surface area contributed by atoms with Crippen LogP contribution in [-0.4, -0.2) is 56.8 Å². The number of ether oxygens (including phenoxy) is 2. The number of esters is 1. The van der Waals surface area contributed by atoms with E-state index in [1.165, 1.54) is 35.2 Å². The molecule has 2 amide bonds. The standard InChI is InChI=1S/C31H31FN2O7S/c1-30(2,3)41-29(37)34-13-12-31(23-8-6-7-9-24(23)33-28(31)36)26(34)20-14-19(15-21(32)16-20)18-10-11-22(27(35)40-4)25(17-18)42(5,38)39/h6-11,14-17,26H,12-13H2,1-5H3,(H,33,36)/t26-,31-/m1/s1. The van der Waals surface area contributed by atoms with E-state index in [4.69, 9.17) is 9.47 Å². The Morgan fingerprint density at radius 1 is 1.05 bits per heavy atom. The number of hydrogen-bond donors (Lipinski definition) is 1. The van der Waals surface area contributed by atoms with Gasteiger partial charge in [-0.15, -0.1) is 0 Å². The highest BCUT2D eigenvalue weighted by Crippen LogP contribution is 2.55. The molecule has 3 aromatic carbocycles. The Labute approximate surface area is 243 Å². The maximum Gasteiger partial charge on any atom is 0.410 e. The first-order valence-electron chi connectivity index (χ1n) is 13.3. The molecule has 1 fully saturated rings. The van der Waals surface area contributed by atoms with E-state index in [0.29, 0.717) is 27.9 Å². The maximum atomic E-state index is 15.4. The minimum atomic E-state index is -3.87. The number of rotatable bonds is 4. The number of likely N-dealkylation sites (tertiary alicyclic amines) is 1. The van der Waals surface area contributed by atoms with Gasteiger partial charge in [0.1, 0.15) is 16.8 Å². The zero-order valence-corrected chi connectivity index (χ0v) is 24.7. The minimum absolute atomic E-state index is 0.148. The van der Waals surface area contributed by atoms with Crippen LogP contribution in [0, 0.1) is 5.82 Å². The Kier molecular flexibility index (Phi) is 7.13. The lowest BCUT2D eigenvalue weighted by Crippen LogP contribution is -2.44. The van der Waals surface area contributed by atoms with Crippen LogP contribution in [0.2, 0.25) is 0 Å². The second-order valence-electron chi connectivity index (χ2n) is 11.5. The monoisotopic (exact) mass is 594 g/mol. The Balaban J connectivity index is 1.70. The molecule has 5 rings (SSSR count). The average Bonchev–Trinajstić information content (AvgIpc) is 3.45. The molecule has 0 saturated carbocycles. The normalized spacial score (nSPS) is 19.9. The third kappa shape index (κ3) is 5.02. The number of sulfone groups is 1. The van der Waals surface area contributed by atoms with Crippen LogP contribution in [0.15, 0.2) is 65.6 Å². The highest BCUT2D eigenvalue weighted by molar-refractivity contribution is 7.90. The molecule has 3 aromatic rings. The van der Waals surface area contributed by atoms with Gasteiger partial charge in [-0.25, -0.2) is 22.4 Å². The largest absolute Gasteiger partial charge is 0.465 e. The second kappa shape index (κ2) is 10.2. The predicted molar refractivity (Wildman–Crippen MR) is 153 cm³/mol. The molecule has 0 radical (unpaired) electrons. The van der Waals surface area contributed by atoms with E-state index >= 15 is 4.39 Å². The summed E-state index contributed by atoms with van der Waals surface area (Å²) >= 11 is 0. The van der Waals surface area contributed by atoms with E-state index in [0.717, 1.165) is 13.4 Å². The van der Waals surface area contributed by atoms with Gasteiger partial charge in [0, 0.05) is 18.5 Å². The summed E-state index contributed by atoms with van der Waals surface area (Å²) in [5.74, 6) is -1.79. The van der Waals surface area contributed by atoms with Gasteiger partial charge in [0.15, 0.2) is 9.84 Å². The van der Waals surface area contributed by atoms with Crippen LogP contribution in [0.25, 0.3) is 11.1 Å². The highest BCUT2D eigenvalue weighted by Gasteiger charge is 2.60. The minimum Gasteiger partial charge on any atom is -0.465 e. The van der Waals surface area contributed by atoms with Crippen LogP contribution in [-0.2, 0) is 29.5 Å². The molecule has 9 nitrogen and oxygen atoms in total. The Morgan fingerprint density at radius 2 is 1.76 bits per heavy atom. The maximum absolute atomic E-state index is 15.4. The molecule has 42 heavy (non-hydrogen) atoms. The third-order valence-corrected chi connectivity index (χ3v) is 8.71. The molecule has 2 atom stereocenters. The number of carbonyl (C=O) groups is 3. The van der Waals surface area contributed by atoms with Crippen LogP contribution in [0.1, 0.15) is 54.7 Å². The number of nitrogens with zero attached hydrogens (tertiary/aromatic N) is 1. The summed E-state index contributed by atoms with van der Waals surface area (Å²) in [7, 11) is -2.72. The van der Waals surface area contributed by atoms with Crippen molar-refractivity contribution in [2.24, 2.45) is 0 Å². The lowest BCUT2D eigenvalue weighted by Gasteiger charge is -2.35. The number of benzene rings is 3. The van der Waals surface area contributed by atoms with Crippen molar-refractivity contribution in [3.63, 3.8) is 0 Å². The molecule has 1 spiro atoms. The number of nitrogens with one attached hydrogen (secondary N) is 1. The molecule has 0 aliphatic carbocycles. The number of halogens is 1. The topological polar surface area (TPSA) is 119 Å². The van der Waals surface area contributed by atoms with Gasteiger partial charge in [0.25, 0.3) is 0 Å². The van der Waals surface area contributed by atoms with Gasteiger partial charge in [-0.1, -0.05) is 24.3 Å². The summed E-state index contributed by atoms with van der Waals surface area (Å²) < 4.78 is 51.0. The Morgan fingerprint density at radius 3 is 2.43 bits per heavy atom. The number of carbonyl (C=O) groups excluding carboxylic acids is 3. The highest BCUT2D eigenvalue weighted by atomic mass is 32.2. The number of amides is 2. The molecule has 11 heteroatoms. The number of hydrogen-bond acceptors (Lipinski definition) is 7. The summed E-state index contributed by atoms with van der Waals surface area (Å²) in [6.07, 6.45) is 0.596. The smallest absolute Gasteiger partial charge is 0.410 e. The van der Waals surface area contributed by atoms with Crippen molar-refractivity contribution in [2.75, 3.05) is 25.2 Å². The summed E-state index contributed by atoms with van der Waals surface area (Å²) in [6.45, 7) is 5.39. The molecule has 0 aromatic heterocycles. The molecule has 0 bridgehead atoms. The van der Waals surface area contributed by atoms with E-state index in [1.807, 2.05) is 6.07 Å². The van der Waals surface area contributed by atoms with E-state index in [1.54, 1.807) is 45.0 Å². The van der Waals surface area contributed by atoms with Crippen LogP contribution < -0.4 is 5.32 Å². The molecule has 0 unspecified atom stereocenters. The van der Waals surface area contributed by atoms with Gasteiger partial charge in [0.2, 0.25) is 5.91 Å². The fourth-order valence-corrected chi connectivity index (χ4v) is 6.78. The zero-order valence-electron chi connectivity index (χ0n) is 23.9. The lowest BCUT2D eigenvalue weighted by molar-refractivity contribution is -0.121. The van der Waals surface area contributed by atoms with E-state index < -0.39 is 44.8 Å². The van der Waals surface area contributed by atoms with Gasteiger partial charge in [-0.2, -0.15) is 0 Å². The molecule has 2 heterocycles. The van der Waals surface area contributed by atoms with Gasteiger partial charge < -0.3 is 14.8 Å². The van der Waals surface area contributed by atoms with E-state index in [-0.39, 0.29) is 29.3 Å². The number of fused-ring (bicyclic) bond motifs is 2. The molecular formula is C31H31FN2O7S. The summed E-state index contributed by atoms with van der Waals surface area (Å²) in [5, 5.41) is 2.92. The first-order chi connectivity index (χ1) is 19.7. The van der Waals surface area contributed by atoms with E-state index in [9.17, 15) is 22.8 Å². The van der Waals surface area contributed by atoms with Gasteiger partial charge in [-0.3, -0.25) is 9.69 Å². The van der Waals surface area contributed by atoms with Gasteiger partial charge in [-0.05, 0) is 85.8 Å². The number of anilines is 1. The fraction of sp³-hybridized carbons (Fsp3) is 0.323. The van der Waals surface area contributed by atoms with Crippen molar-refractivity contribution in [2.45, 2.75) is 49.1 Å². The van der Waals surface area contributed by atoms with E-state index in [2.05, 4.69) is 5.32 Å². The van der Waals surface area contributed by atoms with Crippen LogP contribution in [0.4, 0.5) is 14.9 Å². The SMILES string of the molecule is COC(=O)c1ccc(-c2cc(F)cc([C@H]3N(C(=O)OC(C)(C)C)CC[C@]34C(=O)Nc3ccccc34)c2)cc1S(C)(=O)=O. The van der Waals surface area contributed by atoms with Crippen molar-refractivity contribution >= 4 is 33.5 Å². The molecule has 1 saturated heterocycles. The first-order valence-corrected chi connectivity index (χ1v) is 15.2. The van der Waals surface area contributed by atoms with Crippen LogP contribution >= 0.6 is 0 Å². The number of para-hydroxylation sites is 1. The zero-order chi connectivity index (χ0) is 30.6. The average molecular weight is 595 g/mol. The van der Waals surface area contributed by atoms with Crippen molar-refractivity contribution in [1.82, 2.24) is 4.90 Å². The predicted octanol–water partition coefficient (Wildman–Crippen LogP) is 5.25. The van der Waals surface area contributed by atoms with Crippen molar-refractivity contribution in [3.05, 3.63) is 83.2 Å². The first kappa shape index (κ1) is 29.2. The quantitative estimate of drug-likeness (QED) is 0.410. The summed E-state index contributed by atoms with van der Waals surface area (Å²) in [4.78, 5) is 40.7. The Bertz CT molecular complexity index is 1730. The second-order valence-corrected chi connectivity index (χ2v) is 13.5. The third-order valence-electron chi connectivity index (χ3n) is 7.57. The molecule has 220 valence electrons. The van der Waals surface area contributed by atoms with Crippen LogP contribution in [0.3, 0.4) is 0 Å². The van der Waals surface area contributed by atoms with Crippen molar-refractivity contribution in [1.29, 1.82) is 0 Å². The lowest BCUT2D eigenvalue weighted by atomic mass is 9.72. The summed E-state index contributed by atoms with van der Waals surface area (Å²) in [5.41, 5.74) is 0.0726. The van der Waals surface area contributed by atoms with Gasteiger partial charge in [0.05, 0.1) is 23.6 Å². The fourth-order valence-electron chi connectivity index (χ4n) is 5.89.